The third-order valence-corrected chi connectivity index (χ3v) is 8.10. The summed E-state index contributed by atoms with van der Waals surface area (Å²) in [7, 11) is 1.82. The highest BCUT2D eigenvalue weighted by Gasteiger charge is 2.64. The highest BCUT2D eigenvalue weighted by Crippen LogP contribution is 2.47. The molecule has 6 N–H and O–H groups in total. The lowest BCUT2D eigenvalue weighted by molar-refractivity contribution is -0.671. The molecule has 1 unspecified atom stereocenters. The second kappa shape index (κ2) is 12.2. The minimum Gasteiger partial charge on any atom is -0.478 e. The molecule has 0 saturated carbocycles. The van der Waals surface area contributed by atoms with Gasteiger partial charge in [0.15, 0.2) is 23.1 Å². The van der Waals surface area contributed by atoms with Gasteiger partial charge in [0, 0.05) is 40.3 Å². The van der Waals surface area contributed by atoms with Crippen LogP contribution >= 0.6 is 35.3 Å². The quantitative estimate of drug-likeness (QED) is 0.123. The number of amides is 2. The van der Waals surface area contributed by atoms with Crippen LogP contribution in [0.2, 0.25) is 0 Å². The maximum atomic E-state index is 13.3. The summed E-state index contributed by atoms with van der Waals surface area (Å²) in [5.74, 6) is -6.85. The Balaban J connectivity index is 0.000000616. The summed E-state index contributed by atoms with van der Waals surface area (Å²) >= 11 is 7.36. The number of anilines is 1. The van der Waals surface area contributed by atoms with Crippen LogP contribution in [-0.2, 0) is 31.0 Å². The molecule has 42 heavy (non-hydrogen) atoms. The van der Waals surface area contributed by atoms with Crippen molar-refractivity contribution in [1.82, 2.24) is 15.2 Å². The SMILES string of the molecule is C[n+]1ccc(C2=C(C(=O)O)N3C(=O)C(C=S)(NC(=O)C(=CC(=O)O)c4csc(N)n4)[C@@H]3SC2)cc1.O=C(O)C(F)(F)F. The van der Waals surface area contributed by atoms with Crippen molar-refractivity contribution in [3.8, 4) is 0 Å². The molecule has 4 rings (SSSR count). The predicted molar refractivity (Wildman–Crippen MR) is 146 cm³/mol. The van der Waals surface area contributed by atoms with Gasteiger partial charge in [-0.3, -0.25) is 14.5 Å². The van der Waals surface area contributed by atoms with E-state index in [1.54, 1.807) is 29.1 Å². The minimum absolute atomic E-state index is 0.0255. The summed E-state index contributed by atoms with van der Waals surface area (Å²) in [5.41, 5.74) is 4.52. The first kappa shape index (κ1) is 32.2. The number of hydrogen-bond donors (Lipinski definition) is 5. The fraction of sp³-hybridized carbons (Fsp3) is 0.217. The van der Waals surface area contributed by atoms with Gasteiger partial charge in [-0.2, -0.15) is 13.2 Å². The lowest BCUT2D eigenvalue weighted by Crippen LogP contribution is -2.80. The number of thioether (sulfide) groups is 1. The number of aryl methyl sites for hydroxylation is 1. The van der Waals surface area contributed by atoms with Crippen LogP contribution in [0.5, 0.6) is 0 Å². The van der Waals surface area contributed by atoms with Crippen molar-refractivity contribution >= 4 is 86.7 Å². The Morgan fingerprint density at radius 1 is 1.24 bits per heavy atom. The van der Waals surface area contributed by atoms with Crippen LogP contribution in [0.1, 0.15) is 11.3 Å². The number of nitrogens with two attached hydrogens (primary N) is 1. The van der Waals surface area contributed by atoms with Crippen LogP contribution in [0.3, 0.4) is 0 Å². The number of nitrogens with one attached hydrogen (secondary N) is 1. The molecule has 2 atom stereocenters. The summed E-state index contributed by atoms with van der Waals surface area (Å²) in [4.78, 5) is 63.9. The number of thiocarbonyl (C=S) groups is 1. The molecule has 4 heterocycles. The fourth-order valence-corrected chi connectivity index (χ4v) is 6.21. The van der Waals surface area contributed by atoms with E-state index < -0.39 is 46.8 Å². The largest absolute Gasteiger partial charge is 0.490 e. The zero-order valence-corrected chi connectivity index (χ0v) is 23.4. The summed E-state index contributed by atoms with van der Waals surface area (Å²) in [6.45, 7) is 0. The van der Waals surface area contributed by atoms with E-state index in [9.17, 15) is 42.6 Å². The van der Waals surface area contributed by atoms with Gasteiger partial charge < -0.3 is 26.4 Å². The number of nitrogen functional groups attached to an aromatic ring is 1. The molecule has 1 fully saturated rings. The molecule has 0 bridgehead atoms. The number of fused-ring (bicyclic) bond motifs is 1. The van der Waals surface area contributed by atoms with Gasteiger partial charge in [0.25, 0.3) is 11.8 Å². The van der Waals surface area contributed by atoms with E-state index in [4.69, 9.17) is 27.9 Å². The monoisotopic (exact) mass is 646 g/mol. The zero-order chi connectivity index (χ0) is 31.6. The van der Waals surface area contributed by atoms with Gasteiger partial charge in [0.2, 0.25) is 0 Å². The molecule has 0 aliphatic carbocycles. The van der Waals surface area contributed by atoms with E-state index in [0.717, 1.165) is 21.6 Å². The number of pyridine rings is 1. The number of rotatable bonds is 7. The van der Waals surface area contributed by atoms with Crippen molar-refractivity contribution in [2.75, 3.05) is 11.5 Å². The molecule has 2 aliphatic heterocycles. The number of β-lactam (4-membered cyclic amide) rings is 1. The van der Waals surface area contributed by atoms with E-state index in [1.807, 2.05) is 7.05 Å². The average Bonchev–Trinajstić information content (AvgIpc) is 3.35. The summed E-state index contributed by atoms with van der Waals surface area (Å²) in [6, 6.07) is 3.50. The topological polar surface area (TPSA) is 204 Å². The second-order valence-electron chi connectivity index (χ2n) is 8.43. The number of carbonyl (C=O) groups excluding carboxylic acids is 2. The number of carboxylic acids is 3. The van der Waals surface area contributed by atoms with Crippen LogP contribution in [0.25, 0.3) is 11.1 Å². The van der Waals surface area contributed by atoms with Crippen molar-refractivity contribution in [2.24, 2.45) is 7.05 Å². The van der Waals surface area contributed by atoms with Gasteiger partial charge in [-0.15, -0.1) is 23.1 Å². The molecule has 2 amide bonds. The standard InChI is InChI=1S/C21H17N5O6S3.C2HF3O2/c1-25-4-2-10(3-5-25)12-7-34-19-21(9-33,18(32)26(19)15(12)17(30)31)24-16(29)11(6-14(27)28)13-8-35-20(22)23-13;3-2(4,5)1(6)7/h2-6,8-9,19H,7H2,1H3,(H4-,22,23,24,27,28,29,30,31);(H,6,7)/p+1/t19-,21?;/m0./s1. The highest BCUT2D eigenvalue weighted by molar-refractivity contribution is 8.00. The molecule has 1 saturated heterocycles. The first-order chi connectivity index (χ1) is 19.5. The van der Waals surface area contributed by atoms with Gasteiger partial charge in [-0.05, 0) is 5.56 Å². The number of thiazole rings is 1. The van der Waals surface area contributed by atoms with E-state index in [-0.39, 0.29) is 27.8 Å². The van der Waals surface area contributed by atoms with E-state index in [1.165, 1.54) is 17.1 Å². The molecule has 222 valence electrons. The number of aromatic nitrogens is 2. The maximum Gasteiger partial charge on any atom is 0.490 e. The fourth-order valence-electron chi connectivity index (χ4n) is 3.80. The van der Waals surface area contributed by atoms with Crippen LogP contribution in [-0.4, -0.2) is 83.1 Å². The van der Waals surface area contributed by atoms with Crippen molar-refractivity contribution in [3.05, 3.63) is 52.9 Å². The number of hydrogen-bond acceptors (Lipinski definition) is 10. The molecular formula is C23H19F3N5O8S3+. The molecule has 2 aromatic rings. The van der Waals surface area contributed by atoms with Crippen LogP contribution in [0.15, 0.2) is 41.7 Å². The predicted octanol–water partition coefficient (Wildman–Crippen LogP) is 0.917. The minimum atomic E-state index is -5.08. The maximum absolute atomic E-state index is 13.3. The van der Waals surface area contributed by atoms with Crippen LogP contribution in [0.4, 0.5) is 18.3 Å². The Labute approximate surface area is 247 Å². The number of alkyl halides is 3. The van der Waals surface area contributed by atoms with Gasteiger partial charge in [0.05, 0.1) is 11.3 Å². The molecule has 13 nitrogen and oxygen atoms in total. The van der Waals surface area contributed by atoms with E-state index >= 15 is 0 Å². The zero-order valence-electron chi connectivity index (χ0n) is 21.0. The van der Waals surface area contributed by atoms with E-state index in [0.29, 0.717) is 17.2 Å². The van der Waals surface area contributed by atoms with Gasteiger partial charge in [0.1, 0.15) is 18.1 Å². The third kappa shape index (κ3) is 6.42. The van der Waals surface area contributed by atoms with E-state index in [2.05, 4.69) is 10.3 Å². The molecule has 19 heteroatoms. The normalized spacial score (nSPS) is 20.0. The summed E-state index contributed by atoms with van der Waals surface area (Å²) in [6.07, 6.45) is -0.898. The molecule has 0 aromatic carbocycles. The summed E-state index contributed by atoms with van der Waals surface area (Å²) in [5, 5.41) is 30.6. The Kier molecular flexibility index (Phi) is 9.38. The smallest absolute Gasteiger partial charge is 0.478 e. The summed E-state index contributed by atoms with van der Waals surface area (Å²) < 4.78 is 33.5. The number of halogens is 3. The van der Waals surface area contributed by atoms with Gasteiger partial charge in [-0.25, -0.2) is 23.9 Å². The van der Waals surface area contributed by atoms with Crippen molar-refractivity contribution in [1.29, 1.82) is 0 Å². The number of nitrogens with zero attached hydrogens (tertiary/aromatic N) is 3. The lowest BCUT2D eigenvalue weighted by Gasteiger charge is -2.55. The molecule has 2 aromatic heterocycles. The molecule has 2 aliphatic rings. The second-order valence-corrected chi connectivity index (χ2v) is 10.6. The van der Waals surface area contributed by atoms with Gasteiger partial charge >= 0.3 is 24.1 Å². The Morgan fingerprint density at radius 2 is 1.83 bits per heavy atom. The molecule has 0 spiro atoms. The van der Waals surface area contributed by atoms with Crippen molar-refractivity contribution in [2.45, 2.75) is 17.1 Å². The van der Waals surface area contributed by atoms with Crippen LogP contribution in [0, 0.1) is 0 Å². The lowest BCUT2D eigenvalue weighted by atomic mass is 9.87. The Morgan fingerprint density at radius 3 is 2.29 bits per heavy atom. The number of aliphatic carboxylic acids is 3. The number of carboxylic acid groups (broad SMARTS) is 3. The van der Waals surface area contributed by atoms with Gasteiger partial charge in [-0.1, -0.05) is 12.2 Å². The first-order valence-electron chi connectivity index (χ1n) is 11.2. The number of carbonyl (C=O) groups is 5. The molecular weight excluding hydrogens is 627 g/mol. The average molecular weight is 647 g/mol. The first-order valence-corrected chi connectivity index (χ1v) is 13.6. The Hall–Kier alpha value is -4.36. The highest BCUT2D eigenvalue weighted by atomic mass is 32.2. The van der Waals surface area contributed by atoms with Crippen molar-refractivity contribution in [3.63, 3.8) is 0 Å². The molecule has 0 radical (unpaired) electrons. The third-order valence-electron chi connectivity index (χ3n) is 5.70. The Bertz CT molecular complexity index is 1540. The van der Waals surface area contributed by atoms with Crippen LogP contribution < -0.4 is 15.6 Å². The van der Waals surface area contributed by atoms with Crippen molar-refractivity contribution < 1.29 is 57.0 Å².